The van der Waals surface area contributed by atoms with Crippen LogP contribution in [0, 0.1) is 0 Å². The van der Waals surface area contributed by atoms with E-state index in [-0.39, 0.29) is 0 Å². The van der Waals surface area contributed by atoms with Crippen molar-refractivity contribution >= 4 is 10.1 Å². The highest BCUT2D eigenvalue weighted by atomic mass is 32.2. The summed E-state index contributed by atoms with van der Waals surface area (Å²) in [5, 5.41) is -5.30. The van der Waals surface area contributed by atoms with Crippen molar-refractivity contribution in [2.45, 2.75) is 17.4 Å². The Balaban J connectivity index is 3.53. The van der Waals surface area contributed by atoms with Crippen LogP contribution in [-0.4, -0.2) is 30.4 Å². The minimum Gasteiger partial charge on any atom is -0.430 e. The van der Waals surface area contributed by atoms with Crippen LogP contribution in [0.3, 0.4) is 0 Å². The van der Waals surface area contributed by atoms with Gasteiger partial charge in [-0.2, -0.15) is 39.2 Å². The Hall–Kier alpha value is -1.08. The summed E-state index contributed by atoms with van der Waals surface area (Å²) in [7, 11) is -6.48. The molecule has 13 heteroatoms. The number of rotatable bonds is 1. The standard InChI is InChI=1S/C5HF7O5S/c6-2(7)1-3(8,9)17-5(16-1,4(10,11)12)18(13,14)15/h(H,13,14,15). The van der Waals surface area contributed by atoms with Gasteiger partial charge in [-0.05, 0) is 0 Å². The van der Waals surface area contributed by atoms with Crippen LogP contribution >= 0.6 is 0 Å². The first-order valence-electron chi connectivity index (χ1n) is 3.61. The van der Waals surface area contributed by atoms with E-state index in [4.69, 9.17) is 4.55 Å². The summed E-state index contributed by atoms with van der Waals surface area (Å²) in [6, 6.07) is 0. The third-order valence-corrected chi connectivity index (χ3v) is 2.70. The van der Waals surface area contributed by atoms with Crippen molar-refractivity contribution in [2.75, 3.05) is 0 Å². The summed E-state index contributed by atoms with van der Waals surface area (Å²) in [6.45, 7) is 0. The molecule has 1 unspecified atom stereocenters. The molecule has 1 saturated heterocycles. The van der Waals surface area contributed by atoms with Crippen molar-refractivity contribution in [3.05, 3.63) is 11.8 Å². The van der Waals surface area contributed by atoms with Crippen LogP contribution in [-0.2, 0) is 19.6 Å². The molecule has 0 radical (unpaired) electrons. The van der Waals surface area contributed by atoms with Crippen molar-refractivity contribution in [1.82, 2.24) is 0 Å². The molecule has 0 aliphatic carbocycles. The number of ether oxygens (including phenoxy) is 2. The summed E-state index contributed by atoms with van der Waals surface area (Å²) in [6.07, 6.45) is -15.1. The molecule has 1 N–H and O–H groups in total. The summed E-state index contributed by atoms with van der Waals surface area (Å²) < 4.78 is 121. The Kier molecular flexibility index (Phi) is 3.08. The van der Waals surface area contributed by atoms with Crippen LogP contribution in [0.4, 0.5) is 30.7 Å². The molecular formula is C5HF7O5S. The number of hydrogen-bond donors (Lipinski definition) is 1. The average molecular weight is 306 g/mol. The van der Waals surface area contributed by atoms with Gasteiger partial charge >= 0.3 is 33.6 Å². The third-order valence-electron chi connectivity index (χ3n) is 1.62. The zero-order valence-corrected chi connectivity index (χ0v) is 8.45. The summed E-state index contributed by atoms with van der Waals surface area (Å²) in [4.78, 5) is 0. The molecule has 0 aromatic rings. The second kappa shape index (κ2) is 3.71. The second-order valence-electron chi connectivity index (χ2n) is 2.84. The smallest absolute Gasteiger partial charge is 0.430 e. The first-order chi connectivity index (χ1) is 7.75. The van der Waals surface area contributed by atoms with E-state index >= 15 is 0 Å². The van der Waals surface area contributed by atoms with E-state index in [1.54, 1.807) is 0 Å². The Morgan fingerprint density at radius 3 is 1.83 bits per heavy atom. The molecular weight excluding hydrogens is 305 g/mol. The van der Waals surface area contributed by atoms with Gasteiger partial charge in [-0.25, -0.2) is 4.74 Å². The zero-order chi connectivity index (χ0) is 14.6. The van der Waals surface area contributed by atoms with Gasteiger partial charge in [0.1, 0.15) is 0 Å². The van der Waals surface area contributed by atoms with Crippen molar-refractivity contribution in [3.63, 3.8) is 0 Å². The molecule has 1 heterocycles. The summed E-state index contributed by atoms with van der Waals surface area (Å²) in [5.41, 5.74) is 0. The normalized spacial score (nSPS) is 28.1. The highest BCUT2D eigenvalue weighted by Crippen LogP contribution is 2.52. The van der Waals surface area contributed by atoms with Gasteiger partial charge in [0, 0.05) is 0 Å². The van der Waals surface area contributed by atoms with Crippen molar-refractivity contribution in [3.8, 4) is 0 Å². The summed E-state index contributed by atoms with van der Waals surface area (Å²) >= 11 is 0. The van der Waals surface area contributed by atoms with Gasteiger partial charge in [0.25, 0.3) is 5.76 Å². The molecule has 1 aliphatic heterocycles. The van der Waals surface area contributed by atoms with E-state index < -0.39 is 39.4 Å². The Morgan fingerprint density at radius 1 is 1.22 bits per heavy atom. The molecule has 1 atom stereocenters. The number of alkyl halides is 5. The molecule has 106 valence electrons. The molecule has 0 amide bonds. The van der Waals surface area contributed by atoms with Crippen molar-refractivity contribution < 1.29 is 53.2 Å². The van der Waals surface area contributed by atoms with E-state index in [9.17, 15) is 39.2 Å². The monoisotopic (exact) mass is 306 g/mol. The maximum atomic E-state index is 12.7. The molecule has 0 aromatic carbocycles. The van der Waals surface area contributed by atoms with Crippen LogP contribution in [0.2, 0.25) is 0 Å². The lowest BCUT2D eigenvalue weighted by Gasteiger charge is -2.24. The van der Waals surface area contributed by atoms with E-state index in [1.807, 2.05) is 0 Å². The fourth-order valence-corrected chi connectivity index (χ4v) is 1.64. The third kappa shape index (κ3) is 2.01. The Bertz CT molecular complexity index is 489. The zero-order valence-electron chi connectivity index (χ0n) is 7.63. The highest BCUT2D eigenvalue weighted by Gasteiger charge is 2.79. The van der Waals surface area contributed by atoms with Gasteiger partial charge in [0.2, 0.25) is 0 Å². The largest absolute Gasteiger partial charge is 0.475 e. The van der Waals surface area contributed by atoms with E-state index in [0.29, 0.717) is 0 Å². The van der Waals surface area contributed by atoms with Crippen LogP contribution in [0.1, 0.15) is 0 Å². The van der Waals surface area contributed by atoms with Crippen LogP contribution in [0.25, 0.3) is 0 Å². The molecule has 0 aromatic heterocycles. The first-order valence-corrected chi connectivity index (χ1v) is 5.05. The van der Waals surface area contributed by atoms with E-state index in [2.05, 4.69) is 9.47 Å². The van der Waals surface area contributed by atoms with Crippen LogP contribution < -0.4 is 0 Å². The topological polar surface area (TPSA) is 72.8 Å². The maximum Gasteiger partial charge on any atom is 0.475 e. The Labute approximate surface area is 93.5 Å². The SMILES string of the molecule is O=S(=O)(O)C1(C(F)(F)F)OC(=C(F)F)C(F)(F)O1. The van der Waals surface area contributed by atoms with Gasteiger partial charge in [0.05, 0.1) is 0 Å². The lowest BCUT2D eigenvalue weighted by atomic mass is 10.5. The van der Waals surface area contributed by atoms with Crippen LogP contribution in [0.5, 0.6) is 0 Å². The molecule has 0 saturated carbocycles. The minimum absolute atomic E-state index is 2.68. The fourth-order valence-electron chi connectivity index (χ4n) is 0.946. The first kappa shape index (κ1) is 15.0. The molecule has 1 rings (SSSR count). The minimum atomic E-state index is -6.48. The predicted molar refractivity (Wildman–Crippen MR) is 36.7 cm³/mol. The summed E-state index contributed by atoms with van der Waals surface area (Å²) in [5.74, 6) is -2.95. The van der Waals surface area contributed by atoms with Gasteiger partial charge in [-0.3, -0.25) is 4.55 Å². The molecule has 1 fully saturated rings. The quantitative estimate of drug-likeness (QED) is 0.591. The van der Waals surface area contributed by atoms with Gasteiger partial charge in [-0.15, -0.1) is 0 Å². The predicted octanol–water partition coefficient (Wildman–Crippen LogP) is 1.84. The fraction of sp³-hybridized carbons (Fsp3) is 0.600. The maximum absolute atomic E-state index is 12.7. The van der Waals surface area contributed by atoms with Gasteiger partial charge < -0.3 is 4.74 Å². The van der Waals surface area contributed by atoms with Gasteiger partial charge in [0.15, 0.2) is 0 Å². The number of hydrogen-bond acceptors (Lipinski definition) is 4. The van der Waals surface area contributed by atoms with E-state index in [1.165, 1.54) is 0 Å². The lowest BCUT2D eigenvalue weighted by Crippen LogP contribution is -2.53. The Morgan fingerprint density at radius 2 is 1.67 bits per heavy atom. The average Bonchev–Trinajstić information content (AvgIpc) is 2.35. The lowest BCUT2D eigenvalue weighted by molar-refractivity contribution is -0.339. The highest BCUT2D eigenvalue weighted by molar-refractivity contribution is 7.87. The van der Waals surface area contributed by atoms with Gasteiger partial charge in [-0.1, -0.05) is 0 Å². The molecule has 1 aliphatic rings. The molecule has 0 bridgehead atoms. The van der Waals surface area contributed by atoms with Crippen molar-refractivity contribution in [2.24, 2.45) is 0 Å². The molecule has 18 heavy (non-hydrogen) atoms. The second-order valence-corrected chi connectivity index (χ2v) is 4.33. The number of halogens is 7. The molecule has 5 nitrogen and oxygen atoms in total. The van der Waals surface area contributed by atoms with Crippen LogP contribution in [0.15, 0.2) is 11.8 Å². The molecule has 0 spiro atoms. The van der Waals surface area contributed by atoms with Crippen molar-refractivity contribution in [1.29, 1.82) is 0 Å². The van der Waals surface area contributed by atoms with E-state index in [0.717, 1.165) is 0 Å².